The Bertz CT molecular complexity index is 1010. The molecule has 1 aliphatic heterocycles. The number of allylic oxidation sites excluding steroid dienone is 3. The Balaban J connectivity index is 0.00000145. The lowest BCUT2D eigenvalue weighted by atomic mass is 10.2. The standard InChI is InChI=1S/C19H18BrN7.C2H6/c1-4-12(3)10-13(5-2)22-18-15(20)8-9-21-19(24-18)23-14-6-7-16-17(11-14)26-27-25-16;1-2/h1,5-7,10-11,15H,2-3,8-9H2,(H,25,26,27)(H2,21,22,23,24);1-2H3/b13-10+;. The fraction of sp³-hybridized carbons (Fsp3) is 0.238. The van der Waals surface area contributed by atoms with E-state index in [1.807, 2.05) is 32.0 Å². The average Bonchev–Trinajstić information content (AvgIpc) is 3.14. The smallest absolute Gasteiger partial charge is 0.224 e. The van der Waals surface area contributed by atoms with Crippen LogP contribution in [0.3, 0.4) is 0 Å². The van der Waals surface area contributed by atoms with Crippen LogP contribution in [0.4, 0.5) is 5.69 Å². The number of aromatic nitrogens is 3. The van der Waals surface area contributed by atoms with Gasteiger partial charge in [-0.3, -0.25) is 4.99 Å². The first kappa shape index (κ1) is 22.1. The number of amidine groups is 1. The molecular formula is C21H24BrN7. The lowest BCUT2D eigenvalue weighted by molar-refractivity contribution is 0.892. The first-order chi connectivity index (χ1) is 14.1. The number of terminal acetylenes is 1. The molecule has 0 aliphatic carbocycles. The first-order valence-corrected chi connectivity index (χ1v) is 10.1. The van der Waals surface area contributed by atoms with Gasteiger partial charge in [0.1, 0.15) is 16.9 Å². The maximum atomic E-state index is 5.36. The van der Waals surface area contributed by atoms with Crippen molar-refractivity contribution in [2.45, 2.75) is 25.1 Å². The van der Waals surface area contributed by atoms with Crippen LogP contribution in [0.1, 0.15) is 20.3 Å². The summed E-state index contributed by atoms with van der Waals surface area (Å²) in [5.74, 6) is 3.69. The molecule has 0 amide bonds. The van der Waals surface area contributed by atoms with E-state index in [-0.39, 0.29) is 4.83 Å². The lowest BCUT2D eigenvalue weighted by Crippen LogP contribution is -2.31. The van der Waals surface area contributed by atoms with Crippen molar-refractivity contribution in [2.24, 2.45) is 9.98 Å². The summed E-state index contributed by atoms with van der Waals surface area (Å²) in [5.41, 5.74) is 3.65. The fourth-order valence-corrected chi connectivity index (χ4v) is 2.81. The average molecular weight is 454 g/mol. The van der Waals surface area contributed by atoms with Crippen molar-refractivity contribution in [1.29, 1.82) is 0 Å². The van der Waals surface area contributed by atoms with E-state index in [1.165, 1.54) is 0 Å². The molecular weight excluding hydrogens is 430 g/mol. The minimum atomic E-state index is 0.0148. The molecule has 0 fully saturated rings. The monoisotopic (exact) mass is 453 g/mol. The molecule has 1 unspecified atom stereocenters. The molecule has 0 bridgehead atoms. The third-order valence-electron chi connectivity index (χ3n) is 3.75. The van der Waals surface area contributed by atoms with Gasteiger partial charge < -0.3 is 10.6 Å². The van der Waals surface area contributed by atoms with Gasteiger partial charge in [-0.15, -0.1) is 6.42 Å². The van der Waals surface area contributed by atoms with E-state index < -0.39 is 0 Å². The highest BCUT2D eigenvalue weighted by Gasteiger charge is 2.17. The fourth-order valence-electron chi connectivity index (χ4n) is 2.38. The highest BCUT2D eigenvalue weighted by Crippen LogP contribution is 2.17. The Hall–Kier alpha value is -3.18. The Morgan fingerprint density at radius 1 is 1.34 bits per heavy atom. The van der Waals surface area contributed by atoms with Gasteiger partial charge in [0, 0.05) is 23.5 Å². The number of hydrogen-bond acceptors (Lipinski definition) is 6. The predicted molar refractivity (Wildman–Crippen MR) is 125 cm³/mol. The molecule has 2 heterocycles. The van der Waals surface area contributed by atoms with Gasteiger partial charge >= 0.3 is 0 Å². The van der Waals surface area contributed by atoms with Crippen LogP contribution in [0.15, 0.2) is 64.8 Å². The van der Waals surface area contributed by atoms with E-state index in [2.05, 4.69) is 71.0 Å². The largest absolute Gasteiger partial charge is 0.343 e. The number of nitrogens with one attached hydrogen (secondary N) is 3. The molecule has 1 aromatic heterocycles. The Morgan fingerprint density at radius 3 is 2.83 bits per heavy atom. The summed E-state index contributed by atoms with van der Waals surface area (Å²) in [7, 11) is 0. The van der Waals surface area contributed by atoms with E-state index in [0.717, 1.165) is 23.1 Å². The highest BCUT2D eigenvalue weighted by atomic mass is 79.9. The van der Waals surface area contributed by atoms with Gasteiger partial charge in [0.2, 0.25) is 5.96 Å². The van der Waals surface area contributed by atoms with E-state index in [1.54, 1.807) is 12.2 Å². The number of hydrogen-bond donors (Lipinski definition) is 3. The number of nitrogens with zero attached hydrogens (tertiary/aromatic N) is 4. The first-order valence-electron chi connectivity index (χ1n) is 9.20. The zero-order valence-corrected chi connectivity index (χ0v) is 18.1. The summed E-state index contributed by atoms with van der Waals surface area (Å²) >= 11 is 3.64. The number of anilines is 1. The molecule has 3 N–H and O–H groups in total. The van der Waals surface area contributed by atoms with Crippen LogP contribution in [0.25, 0.3) is 11.0 Å². The van der Waals surface area contributed by atoms with Crippen molar-refractivity contribution in [3.63, 3.8) is 0 Å². The molecule has 0 radical (unpaired) electrons. The summed E-state index contributed by atoms with van der Waals surface area (Å²) in [6, 6.07) is 5.66. The van der Waals surface area contributed by atoms with Crippen molar-refractivity contribution < 1.29 is 0 Å². The normalized spacial score (nSPS) is 16.3. The Kier molecular flexibility index (Phi) is 8.37. The van der Waals surface area contributed by atoms with Gasteiger partial charge in [0.05, 0.1) is 4.83 Å². The molecule has 0 saturated carbocycles. The number of aliphatic imine (C=N–C) groups is 2. The van der Waals surface area contributed by atoms with Crippen LogP contribution < -0.4 is 10.6 Å². The molecule has 1 atom stereocenters. The molecule has 150 valence electrons. The number of rotatable bonds is 4. The summed E-state index contributed by atoms with van der Waals surface area (Å²) in [6.07, 6.45) is 9.56. The van der Waals surface area contributed by atoms with Crippen LogP contribution in [0.2, 0.25) is 0 Å². The maximum absolute atomic E-state index is 5.36. The van der Waals surface area contributed by atoms with Gasteiger partial charge in [0.15, 0.2) is 0 Å². The summed E-state index contributed by atoms with van der Waals surface area (Å²) < 4.78 is 0. The van der Waals surface area contributed by atoms with Crippen molar-refractivity contribution in [1.82, 2.24) is 20.7 Å². The molecule has 8 heteroatoms. The number of halogens is 1. The van der Waals surface area contributed by atoms with Gasteiger partial charge in [-0.05, 0) is 36.8 Å². The predicted octanol–water partition coefficient (Wildman–Crippen LogP) is 4.17. The molecule has 1 aromatic carbocycles. The van der Waals surface area contributed by atoms with Gasteiger partial charge in [-0.2, -0.15) is 20.4 Å². The van der Waals surface area contributed by atoms with Crippen LogP contribution >= 0.6 is 15.9 Å². The third kappa shape index (κ3) is 6.16. The van der Waals surface area contributed by atoms with E-state index >= 15 is 0 Å². The second kappa shape index (κ2) is 11.0. The van der Waals surface area contributed by atoms with Crippen molar-refractivity contribution in [2.75, 3.05) is 11.9 Å². The van der Waals surface area contributed by atoms with E-state index in [4.69, 9.17) is 6.42 Å². The minimum absolute atomic E-state index is 0.0148. The van der Waals surface area contributed by atoms with Crippen LogP contribution in [-0.4, -0.2) is 38.6 Å². The number of aromatic amines is 1. The second-order valence-corrected chi connectivity index (χ2v) is 6.81. The zero-order valence-electron chi connectivity index (χ0n) is 16.5. The van der Waals surface area contributed by atoms with Crippen molar-refractivity contribution >= 4 is 44.4 Å². The minimum Gasteiger partial charge on any atom is -0.343 e. The second-order valence-electron chi connectivity index (χ2n) is 5.71. The van der Waals surface area contributed by atoms with Crippen LogP contribution in [0, 0.1) is 12.3 Å². The quantitative estimate of drug-likeness (QED) is 0.368. The Labute approximate surface area is 179 Å². The molecule has 0 spiro atoms. The summed E-state index contributed by atoms with van der Waals surface area (Å²) in [5, 5.41) is 17.2. The third-order valence-corrected chi connectivity index (χ3v) is 4.64. The Morgan fingerprint density at radius 2 is 2.10 bits per heavy atom. The van der Waals surface area contributed by atoms with Crippen LogP contribution in [0.5, 0.6) is 0 Å². The number of guanidine groups is 1. The number of benzene rings is 1. The lowest BCUT2D eigenvalue weighted by Gasteiger charge is -2.14. The number of H-pyrrole nitrogens is 1. The summed E-state index contributed by atoms with van der Waals surface area (Å²) in [6.45, 7) is 12.2. The molecule has 7 nitrogen and oxygen atoms in total. The molecule has 0 saturated heterocycles. The van der Waals surface area contributed by atoms with E-state index in [9.17, 15) is 0 Å². The molecule has 29 heavy (non-hydrogen) atoms. The molecule has 3 rings (SSSR count). The number of alkyl halides is 1. The highest BCUT2D eigenvalue weighted by molar-refractivity contribution is 9.10. The van der Waals surface area contributed by atoms with Gasteiger partial charge in [-0.25, -0.2) is 0 Å². The SMILES string of the molecule is C#CC(=C)/C=C(\C=C)NC1=NC(Nc2ccc3n[nH]nc3c2)=NCCC1Br.CC. The molecule has 1 aliphatic rings. The molecule has 2 aromatic rings. The maximum Gasteiger partial charge on any atom is 0.224 e. The topological polar surface area (TPSA) is 90.3 Å². The van der Waals surface area contributed by atoms with Crippen LogP contribution in [-0.2, 0) is 0 Å². The zero-order chi connectivity index (χ0) is 21.2. The van der Waals surface area contributed by atoms with Crippen molar-refractivity contribution in [3.8, 4) is 12.3 Å². The van der Waals surface area contributed by atoms with Gasteiger partial charge in [-0.1, -0.05) is 48.9 Å². The van der Waals surface area contributed by atoms with Gasteiger partial charge in [0.25, 0.3) is 0 Å². The van der Waals surface area contributed by atoms with Crippen molar-refractivity contribution in [3.05, 3.63) is 54.8 Å². The number of fused-ring (bicyclic) bond motifs is 1. The summed E-state index contributed by atoms with van der Waals surface area (Å²) in [4.78, 5) is 9.15. The van der Waals surface area contributed by atoms with E-state index in [0.29, 0.717) is 29.6 Å².